The third-order valence-electron chi connectivity index (χ3n) is 2.12. The van der Waals surface area contributed by atoms with E-state index in [1.165, 1.54) is 7.11 Å². The van der Waals surface area contributed by atoms with E-state index in [1.807, 2.05) is 0 Å². The van der Waals surface area contributed by atoms with Crippen molar-refractivity contribution in [2.75, 3.05) is 19.0 Å². The molecule has 1 aromatic rings. The third-order valence-corrected chi connectivity index (χ3v) is 2.12. The summed E-state index contributed by atoms with van der Waals surface area (Å²) >= 11 is 0. The summed E-state index contributed by atoms with van der Waals surface area (Å²) in [6, 6.07) is 4.86. The molecule has 1 heterocycles. The summed E-state index contributed by atoms with van der Waals surface area (Å²) in [5.41, 5.74) is 1.09. The van der Waals surface area contributed by atoms with Gasteiger partial charge >= 0.3 is 5.97 Å². The van der Waals surface area contributed by atoms with Gasteiger partial charge in [-0.3, -0.25) is 0 Å². The Morgan fingerprint density at radius 1 is 1.67 bits per heavy atom. The number of rotatable bonds is 1. The normalized spacial score (nSPS) is 18.4. The summed E-state index contributed by atoms with van der Waals surface area (Å²) in [6.07, 6.45) is -0.707. The van der Waals surface area contributed by atoms with Crippen LogP contribution in [0, 0.1) is 0 Å². The van der Waals surface area contributed by atoms with Crippen LogP contribution in [0.4, 0.5) is 5.69 Å². The maximum absolute atomic E-state index is 11.2. The average molecular weight is 209 g/mol. The van der Waals surface area contributed by atoms with Crippen LogP contribution in [-0.4, -0.2) is 31.0 Å². The topological polar surface area (TPSA) is 67.8 Å². The zero-order chi connectivity index (χ0) is 10.8. The van der Waals surface area contributed by atoms with Crippen molar-refractivity contribution in [3.63, 3.8) is 0 Å². The van der Waals surface area contributed by atoms with Gasteiger partial charge in [-0.05, 0) is 18.2 Å². The third kappa shape index (κ3) is 1.87. The molecule has 5 nitrogen and oxygen atoms in total. The van der Waals surface area contributed by atoms with Crippen LogP contribution in [0.25, 0.3) is 0 Å². The van der Waals surface area contributed by atoms with Gasteiger partial charge in [0.15, 0.2) is 6.23 Å². The van der Waals surface area contributed by atoms with Crippen LogP contribution >= 0.6 is 0 Å². The van der Waals surface area contributed by atoms with Gasteiger partial charge < -0.3 is 19.9 Å². The lowest BCUT2D eigenvalue weighted by Gasteiger charge is -2.23. The minimum Gasteiger partial charge on any atom is -0.487 e. The van der Waals surface area contributed by atoms with Gasteiger partial charge in [0.1, 0.15) is 12.4 Å². The van der Waals surface area contributed by atoms with Crippen molar-refractivity contribution in [1.29, 1.82) is 0 Å². The number of aliphatic hydroxyl groups is 1. The first-order valence-corrected chi connectivity index (χ1v) is 4.50. The molecule has 5 heteroatoms. The van der Waals surface area contributed by atoms with E-state index in [0.29, 0.717) is 17.0 Å². The van der Waals surface area contributed by atoms with Crippen LogP contribution in [0.5, 0.6) is 5.75 Å². The van der Waals surface area contributed by atoms with Crippen molar-refractivity contribution in [3.8, 4) is 5.75 Å². The summed E-state index contributed by atoms with van der Waals surface area (Å²) in [5.74, 6) is 0.135. The predicted octanol–water partition coefficient (Wildman–Crippen LogP) is 0.596. The lowest BCUT2D eigenvalue weighted by Crippen LogP contribution is -2.30. The average Bonchev–Trinajstić information content (AvgIpc) is 2.27. The minimum absolute atomic E-state index is 0.164. The number of fused-ring (bicyclic) bond motifs is 1. The second-order valence-electron chi connectivity index (χ2n) is 3.17. The van der Waals surface area contributed by atoms with E-state index in [0.717, 1.165) is 0 Å². The number of nitrogens with one attached hydrogen (secondary N) is 1. The number of anilines is 1. The van der Waals surface area contributed by atoms with Crippen LogP contribution in [0.15, 0.2) is 18.2 Å². The van der Waals surface area contributed by atoms with Crippen LogP contribution in [0.3, 0.4) is 0 Å². The van der Waals surface area contributed by atoms with Gasteiger partial charge in [-0.2, -0.15) is 0 Å². The second kappa shape index (κ2) is 3.78. The predicted molar refractivity (Wildman–Crippen MR) is 52.9 cm³/mol. The fourth-order valence-corrected chi connectivity index (χ4v) is 1.40. The largest absolute Gasteiger partial charge is 0.487 e. The second-order valence-corrected chi connectivity index (χ2v) is 3.17. The Morgan fingerprint density at radius 2 is 2.47 bits per heavy atom. The molecule has 0 radical (unpaired) electrons. The summed E-state index contributed by atoms with van der Waals surface area (Å²) in [5, 5.41) is 12.1. The molecule has 1 aromatic carbocycles. The summed E-state index contributed by atoms with van der Waals surface area (Å²) in [4.78, 5) is 11.2. The quantitative estimate of drug-likeness (QED) is 0.663. The SMILES string of the molecule is COC(=O)c1ccc2c(c1)OCC(O)N2. The Labute approximate surface area is 86.6 Å². The first-order chi connectivity index (χ1) is 7.20. The van der Waals surface area contributed by atoms with E-state index in [-0.39, 0.29) is 6.61 Å². The van der Waals surface area contributed by atoms with Gasteiger partial charge in [0.05, 0.1) is 18.4 Å². The number of carbonyl (C=O) groups is 1. The monoisotopic (exact) mass is 209 g/mol. The molecule has 1 atom stereocenters. The molecular formula is C10H11NO4. The van der Waals surface area contributed by atoms with E-state index >= 15 is 0 Å². The first kappa shape index (κ1) is 9.79. The first-order valence-electron chi connectivity index (χ1n) is 4.50. The molecule has 0 saturated carbocycles. The highest BCUT2D eigenvalue weighted by Crippen LogP contribution is 2.29. The Balaban J connectivity index is 2.30. The van der Waals surface area contributed by atoms with E-state index < -0.39 is 12.2 Å². The standard InChI is InChI=1S/C10H11NO4/c1-14-10(13)6-2-3-7-8(4-6)15-5-9(12)11-7/h2-4,9,11-12H,5H2,1H3. The van der Waals surface area contributed by atoms with Crippen LogP contribution in [0.2, 0.25) is 0 Å². The zero-order valence-corrected chi connectivity index (χ0v) is 8.19. The molecule has 0 bridgehead atoms. The number of ether oxygens (including phenoxy) is 2. The molecule has 1 aliphatic rings. The zero-order valence-electron chi connectivity index (χ0n) is 8.19. The van der Waals surface area contributed by atoms with Crippen molar-refractivity contribution in [1.82, 2.24) is 0 Å². The molecule has 1 unspecified atom stereocenters. The van der Waals surface area contributed by atoms with Gasteiger partial charge in [-0.25, -0.2) is 4.79 Å². The lowest BCUT2D eigenvalue weighted by atomic mass is 10.1. The number of carbonyl (C=O) groups excluding carboxylic acids is 1. The molecule has 2 rings (SSSR count). The molecule has 0 aromatic heterocycles. The van der Waals surface area contributed by atoms with Gasteiger partial charge in [0.25, 0.3) is 0 Å². The van der Waals surface area contributed by atoms with Gasteiger partial charge in [0, 0.05) is 0 Å². The number of hydrogen-bond donors (Lipinski definition) is 2. The highest BCUT2D eigenvalue weighted by molar-refractivity contribution is 5.90. The van der Waals surface area contributed by atoms with Crippen LogP contribution in [0.1, 0.15) is 10.4 Å². The Hall–Kier alpha value is -1.75. The Morgan fingerprint density at radius 3 is 3.20 bits per heavy atom. The fraction of sp³-hybridized carbons (Fsp3) is 0.300. The van der Waals surface area contributed by atoms with E-state index in [4.69, 9.17) is 4.74 Å². The van der Waals surface area contributed by atoms with Crippen molar-refractivity contribution >= 4 is 11.7 Å². The molecule has 0 saturated heterocycles. The van der Waals surface area contributed by atoms with Gasteiger partial charge in [-0.15, -0.1) is 0 Å². The van der Waals surface area contributed by atoms with Crippen molar-refractivity contribution in [2.45, 2.75) is 6.23 Å². The van der Waals surface area contributed by atoms with Gasteiger partial charge in [0.2, 0.25) is 0 Å². The highest BCUT2D eigenvalue weighted by Gasteiger charge is 2.18. The maximum atomic E-state index is 11.2. The summed E-state index contributed by atoms with van der Waals surface area (Å²) < 4.78 is 9.83. The molecule has 1 aliphatic heterocycles. The van der Waals surface area contributed by atoms with E-state index in [2.05, 4.69) is 10.1 Å². The van der Waals surface area contributed by atoms with Gasteiger partial charge in [-0.1, -0.05) is 0 Å². The smallest absolute Gasteiger partial charge is 0.337 e. The molecular weight excluding hydrogens is 198 g/mol. The molecule has 15 heavy (non-hydrogen) atoms. The summed E-state index contributed by atoms with van der Waals surface area (Å²) in [7, 11) is 1.32. The van der Waals surface area contributed by atoms with Crippen molar-refractivity contribution < 1.29 is 19.4 Å². The highest BCUT2D eigenvalue weighted by atomic mass is 16.5. The fourth-order valence-electron chi connectivity index (χ4n) is 1.40. The number of esters is 1. The molecule has 80 valence electrons. The van der Waals surface area contributed by atoms with Crippen LogP contribution in [-0.2, 0) is 4.74 Å². The van der Waals surface area contributed by atoms with E-state index in [9.17, 15) is 9.90 Å². The molecule has 0 fully saturated rings. The number of benzene rings is 1. The van der Waals surface area contributed by atoms with Crippen LogP contribution < -0.4 is 10.1 Å². The van der Waals surface area contributed by atoms with Crippen molar-refractivity contribution in [2.24, 2.45) is 0 Å². The lowest BCUT2D eigenvalue weighted by molar-refractivity contribution is 0.0600. The number of aliphatic hydroxyl groups excluding tert-OH is 1. The molecule has 2 N–H and O–H groups in total. The van der Waals surface area contributed by atoms with E-state index in [1.54, 1.807) is 18.2 Å². The number of methoxy groups -OCH3 is 1. The molecule has 0 aliphatic carbocycles. The minimum atomic E-state index is -0.707. The molecule has 0 spiro atoms. The summed E-state index contributed by atoms with van der Waals surface area (Å²) in [6.45, 7) is 0.164. The Kier molecular flexibility index (Phi) is 2.47. The Bertz CT molecular complexity index is 391. The molecule has 0 amide bonds. The number of hydrogen-bond acceptors (Lipinski definition) is 5. The van der Waals surface area contributed by atoms with Crippen molar-refractivity contribution in [3.05, 3.63) is 23.8 Å². The maximum Gasteiger partial charge on any atom is 0.337 e.